The first-order valence-corrected chi connectivity index (χ1v) is 8.94. The predicted octanol–water partition coefficient (Wildman–Crippen LogP) is 3.50. The molecule has 0 atom stereocenters. The van der Waals surface area contributed by atoms with Gasteiger partial charge in [-0.1, -0.05) is 41.9 Å². The van der Waals surface area contributed by atoms with Crippen molar-refractivity contribution in [2.75, 3.05) is 6.54 Å². The molecule has 0 bridgehead atoms. The highest BCUT2D eigenvalue weighted by molar-refractivity contribution is 5.76. The summed E-state index contributed by atoms with van der Waals surface area (Å²) in [4.78, 5) is 16.5. The lowest BCUT2D eigenvalue weighted by atomic mass is 9.64. The summed E-state index contributed by atoms with van der Waals surface area (Å²) in [6.07, 6.45) is 5.74. The molecular formula is C20H21N3O3. The van der Waals surface area contributed by atoms with Crippen molar-refractivity contribution in [1.29, 1.82) is 0 Å². The van der Waals surface area contributed by atoms with Gasteiger partial charge in [-0.3, -0.25) is 4.79 Å². The van der Waals surface area contributed by atoms with Gasteiger partial charge in [0.2, 0.25) is 17.6 Å². The van der Waals surface area contributed by atoms with Crippen molar-refractivity contribution in [3.05, 3.63) is 60.2 Å². The SMILES string of the molecule is O=C(CCc1nc(-c2ccco2)no1)NCC1(c2ccccc2)CCC1. The Kier molecular flexibility index (Phi) is 4.56. The van der Waals surface area contributed by atoms with Crippen molar-refractivity contribution in [3.63, 3.8) is 0 Å². The zero-order valence-electron chi connectivity index (χ0n) is 14.5. The van der Waals surface area contributed by atoms with Crippen LogP contribution in [0.5, 0.6) is 0 Å². The molecule has 0 spiro atoms. The minimum atomic E-state index is 0.00459. The summed E-state index contributed by atoms with van der Waals surface area (Å²) in [6, 6.07) is 14.0. The molecule has 1 fully saturated rings. The van der Waals surface area contributed by atoms with Crippen LogP contribution in [0.1, 0.15) is 37.1 Å². The summed E-state index contributed by atoms with van der Waals surface area (Å²) >= 11 is 0. The molecule has 6 nitrogen and oxygen atoms in total. The van der Waals surface area contributed by atoms with Crippen LogP contribution < -0.4 is 5.32 Å². The third-order valence-corrected chi connectivity index (χ3v) is 5.10. The van der Waals surface area contributed by atoms with E-state index in [9.17, 15) is 4.79 Å². The number of benzene rings is 1. The lowest BCUT2D eigenvalue weighted by molar-refractivity contribution is -0.121. The molecule has 1 aromatic carbocycles. The summed E-state index contributed by atoms with van der Waals surface area (Å²) in [7, 11) is 0. The Morgan fingerprint density at radius 2 is 2.00 bits per heavy atom. The summed E-state index contributed by atoms with van der Waals surface area (Å²) < 4.78 is 10.4. The number of hydrogen-bond acceptors (Lipinski definition) is 5. The Bertz CT molecular complexity index is 852. The number of carbonyl (C=O) groups excluding carboxylic acids is 1. The zero-order valence-corrected chi connectivity index (χ0v) is 14.5. The second-order valence-corrected chi connectivity index (χ2v) is 6.77. The van der Waals surface area contributed by atoms with E-state index in [-0.39, 0.29) is 11.3 Å². The fraction of sp³-hybridized carbons (Fsp3) is 0.350. The van der Waals surface area contributed by atoms with Crippen molar-refractivity contribution in [3.8, 4) is 11.6 Å². The van der Waals surface area contributed by atoms with Gasteiger partial charge in [-0.15, -0.1) is 0 Å². The average molecular weight is 351 g/mol. The number of furan rings is 1. The first-order valence-electron chi connectivity index (χ1n) is 8.94. The Labute approximate surface area is 151 Å². The van der Waals surface area contributed by atoms with Crippen LogP contribution in [0.15, 0.2) is 57.7 Å². The third-order valence-electron chi connectivity index (χ3n) is 5.10. The summed E-state index contributed by atoms with van der Waals surface area (Å²) in [6.45, 7) is 0.678. The monoisotopic (exact) mass is 351 g/mol. The van der Waals surface area contributed by atoms with Crippen molar-refractivity contribution >= 4 is 5.91 Å². The number of rotatable bonds is 7. The van der Waals surface area contributed by atoms with Gasteiger partial charge in [0.15, 0.2) is 5.76 Å². The maximum Gasteiger partial charge on any atom is 0.238 e. The average Bonchev–Trinajstić information content (AvgIpc) is 3.31. The Balaban J connectivity index is 1.29. The molecule has 26 heavy (non-hydrogen) atoms. The number of nitrogens with zero attached hydrogens (tertiary/aromatic N) is 2. The highest BCUT2D eigenvalue weighted by Crippen LogP contribution is 2.43. The normalized spacial score (nSPS) is 15.4. The highest BCUT2D eigenvalue weighted by Gasteiger charge is 2.38. The van der Waals surface area contributed by atoms with Crippen LogP contribution in [-0.2, 0) is 16.6 Å². The van der Waals surface area contributed by atoms with Gasteiger partial charge in [-0.05, 0) is 30.5 Å². The standard InChI is InChI=1S/C20H21N3O3/c24-17(9-10-18-22-19(23-26-18)16-8-4-13-25-16)21-14-20(11-5-12-20)15-6-2-1-3-7-15/h1-4,6-8,13H,5,9-12,14H2,(H,21,24). The van der Waals surface area contributed by atoms with Gasteiger partial charge in [0.05, 0.1) is 6.26 Å². The van der Waals surface area contributed by atoms with Crippen LogP contribution in [0, 0.1) is 0 Å². The van der Waals surface area contributed by atoms with Gasteiger partial charge in [0.1, 0.15) is 0 Å². The molecule has 0 unspecified atom stereocenters. The number of aryl methyl sites for hydroxylation is 1. The highest BCUT2D eigenvalue weighted by atomic mass is 16.5. The molecule has 1 amide bonds. The van der Waals surface area contributed by atoms with E-state index >= 15 is 0 Å². The van der Waals surface area contributed by atoms with E-state index in [1.54, 1.807) is 18.4 Å². The molecule has 1 aliphatic rings. The number of hydrogen-bond donors (Lipinski definition) is 1. The van der Waals surface area contributed by atoms with E-state index in [4.69, 9.17) is 8.94 Å². The van der Waals surface area contributed by atoms with Crippen LogP contribution in [-0.4, -0.2) is 22.6 Å². The maximum atomic E-state index is 12.3. The van der Waals surface area contributed by atoms with Gasteiger partial charge in [0.25, 0.3) is 0 Å². The molecule has 2 heterocycles. The molecule has 134 valence electrons. The van der Waals surface area contributed by atoms with Crippen molar-refractivity contribution in [2.45, 2.75) is 37.5 Å². The fourth-order valence-corrected chi connectivity index (χ4v) is 3.40. The largest absolute Gasteiger partial charge is 0.461 e. The summed E-state index contributed by atoms with van der Waals surface area (Å²) in [5.74, 6) is 1.40. The first kappa shape index (κ1) is 16.6. The number of aromatic nitrogens is 2. The molecule has 2 aromatic heterocycles. The molecule has 1 saturated carbocycles. The van der Waals surface area contributed by atoms with Crippen LogP contribution in [0.4, 0.5) is 0 Å². The summed E-state index contributed by atoms with van der Waals surface area (Å²) in [5, 5.41) is 6.95. The second-order valence-electron chi connectivity index (χ2n) is 6.77. The smallest absolute Gasteiger partial charge is 0.238 e. The number of amides is 1. The van der Waals surface area contributed by atoms with Gasteiger partial charge in [-0.2, -0.15) is 4.98 Å². The van der Waals surface area contributed by atoms with E-state index in [0.717, 1.165) is 12.8 Å². The number of nitrogens with one attached hydrogen (secondary N) is 1. The van der Waals surface area contributed by atoms with Gasteiger partial charge < -0.3 is 14.3 Å². The van der Waals surface area contributed by atoms with Gasteiger partial charge in [0, 0.05) is 24.8 Å². The maximum absolute atomic E-state index is 12.3. The van der Waals surface area contributed by atoms with Crippen LogP contribution in [0.2, 0.25) is 0 Å². The van der Waals surface area contributed by atoms with E-state index in [2.05, 4.69) is 39.7 Å². The van der Waals surface area contributed by atoms with Crippen molar-refractivity contribution in [2.24, 2.45) is 0 Å². The molecule has 6 heteroatoms. The van der Waals surface area contributed by atoms with Gasteiger partial charge >= 0.3 is 0 Å². The first-order chi connectivity index (χ1) is 12.8. The number of carbonyl (C=O) groups is 1. The molecule has 1 N–H and O–H groups in total. The van der Waals surface area contributed by atoms with Crippen molar-refractivity contribution in [1.82, 2.24) is 15.5 Å². The van der Waals surface area contributed by atoms with Crippen LogP contribution >= 0.6 is 0 Å². The molecule has 4 rings (SSSR count). The second kappa shape index (κ2) is 7.15. The molecule has 1 aliphatic carbocycles. The molecule has 3 aromatic rings. The topological polar surface area (TPSA) is 81.2 Å². The van der Waals surface area contributed by atoms with E-state index in [1.165, 1.54) is 12.0 Å². The third kappa shape index (κ3) is 3.40. The van der Waals surface area contributed by atoms with E-state index in [0.29, 0.717) is 36.9 Å². The van der Waals surface area contributed by atoms with E-state index in [1.807, 2.05) is 6.07 Å². The van der Waals surface area contributed by atoms with Crippen LogP contribution in [0.25, 0.3) is 11.6 Å². The quantitative estimate of drug-likeness (QED) is 0.704. The lowest BCUT2D eigenvalue weighted by Gasteiger charge is -2.42. The Morgan fingerprint density at radius 1 is 1.15 bits per heavy atom. The lowest BCUT2D eigenvalue weighted by Crippen LogP contribution is -2.45. The molecule has 0 saturated heterocycles. The Hall–Kier alpha value is -2.89. The molecule has 0 radical (unpaired) electrons. The van der Waals surface area contributed by atoms with Crippen LogP contribution in [0.3, 0.4) is 0 Å². The van der Waals surface area contributed by atoms with Crippen molar-refractivity contribution < 1.29 is 13.7 Å². The minimum Gasteiger partial charge on any atom is -0.461 e. The fourth-order valence-electron chi connectivity index (χ4n) is 3.40. The summed E-state index contributed by atoms with van der Waals surface area (Å²) in [5.41, 5.74) is 1.40. The Morgan fingerprint density at radius 3 is 2.69 bits per heavy atom. The minimum absolute atomic E-state index is 0.00459. The molecule has 0 aliphatic heterocycles. The van der Waals surface area contributed by atoms with E-state index < -0.39 is 0 Å². The van der Waals surface area contributed by atoms with Gasteiger partial charge in [-0.25, -0.2) is 0 Å². The predicted molar refractivity (Wildman–Crippen MR) is 95.3 cm³/mol. The molecular weight excluding hydrogens is 330 g/mol. The zero-order chi connectivity index (χ0) is 17.8.